The first-order chi connectivity index (χ1) is 4.29. The average molecular weight is 143 g/mol. The molecule has 1 rings (SSSR count). The van der Waals surface area contributed by atoms with Crippen LogP contribution in [0.3, 0.4) is 0 Å². The molecule has 1 amide bonds. The molecule has 0 unspecified atom stereocenters. The third-order valence-corrected chi connectivity index (χ3v) is 1.25. The van der Waals surface area contributed by atoms with Gasteiger partial charge in [0.15, 0.2) is 0 Å². The Labute approximate surface area is 56.2 Å². The molecule has 48 valence electrons. The maximum atomic E-state index is 10.2. The lowest BCUT2D eigenvalue weighted by atomic mass is 10.8. The Bertz CT molecular complexity index is 196. The number of amides is 1. The molecule has 0 atom stereocenters. The number of nitrogens with zero attached hydrogens (tertiary/aromatic N) is 2. The molecular formula is C4H5N3OS. The first-order valence-corrected chi connectivity index (χ1v) is 3.04. The maximum Gasteiger partial charge on any atom is 0.298 e. The third-order valence-electron chi connectivity index (χ3n) is 0.664. The fraction of sp³-hybridized carbons (Fsp3) is 0. The molecule has 4 nitrogen and oxygen atoms in total. The Morgan fingerprint density at radius 3 is 3.00 bits per heavy atom. The SMILES string of the molecule is NC(=O)Sn1cccn1. The number of rotatable bonds is 1. The van der Waals surface area contributed by atoms with Gasteiger partial charge in [0.1, 0.15) is 0 Å². The van der Waals surface area contributed by atoms with Crippen molar-refractivity contribution in [2.45, 2.75) is 0 Å². The van der Waals surface area contributed by atoms with Crippen molar-refractivity contribution in [3.63, 3.8) is 0 Å². The Kier molecular flexibility index (Phi) is 1.74. The minimum atomic E-state index is -0.460. The Morgan fingerprint density at radius 2 is 2.56 bits per heavy atom. The second-order valence-electron chi connectivity index (χ2n) is 1.32. The normalized spacial score (nSPS) is 9.33. The molecule has 1 aromatic heterocycles. The van der Waals surface area contributed by atoms with Crippen molar-refractivity contribution >= 4 is 17.2 Å². The first kappa shape index (κ1) is 6.15. The van der Waals surface area contributed by atoms with Crippen LogP contribution in [0.25, 0.3) is 0 Å². The summed E-state index contributed by atoms with van der Waals surface area (Å²) in [7, 11) is 0. The summed E-state index contributed by atoms with van der Waals surface area (Å²) < 4.78 is 1.39. The number of nitrogens with two attached hydrogens (primary N) is 1. The molecule has 0 radical (unpaired) electrons. The summed E-state index contributed by atoms with van der Waals surface area (Å²) in [5.74, 6) is 0. The average Bonchev–Trinajstić information content (AvgIpc) is 2.15. The van der Waals surface area contributed by atoms with Gasteiger partial charge in [0, 0.05) is 12.4 Å². The third kappa shape index (κ3) is 1.77. The van der Waals surface area contributed by atoms with Crippen LogP contribution in [-0.2, 0) is 0 Å². The number of primary amides is 1. The first-order valence-electron chi connectivity index (χ1n) is 2.26. The van der Waals surface area contributed by atoms with Crippen LogP contribution in [0.2, 0.25) is 0 Å². The van der Waals surface area contributed by atoms with Gasteiger partial charge in [-0.15, -0.1) is 0 Å². The molecule has 0 bridgehead atoms. The highest BCUT2D eigenvalue weighted by molar-refractivity contribution is 8.12. The van der Waals surface area contributed by atoms with E-state index in [2.05, 4.69) is 5.10 Å². The van der Waals surface area contributed by atoms with E-state index < -0.39 is 5.24 Å². The van der Waals surface area contributed by atoms with Crippen molar-refractivity contribution in [3.05, 3.63) is 18.5 Å². The van der Waals surface area contributed by atoms with Crippen LogP contribution in [0.4, 0.5) is 4.79 Å². The van der Waals surface area contributed by atoms with E-state index in [0.29, 0.717) is 0 Å². The zero-order valence-electron chi connectivity index (χ0n) is 4.52. The Hall–Kier alpha value is -0.970. The van der Waals surface area contributed by atoms with Crippen LogP contribution in [0.15, 0.2) is 18.5 Å². The van der Waals surface area contributed by atoms with Gasteiger partial charge in [0.25, 0.3) is 5.24 Å². The van der Waals surface area contributed by atoms with Gasteiger partial charge in [-0.3, -0.25) is 4.79 Å². The van der Waals surface area contributed by atoms with E-state index >= 15 is 0 Å². The number of carbonyl (C=O) groups excluding carboxylic acids is 1. The van der Waals surface area contributed by atoms with Gasteiger partial charge in [-0.1, -0.05) is 0 Å². The fourth-order valence-corrected chi connectivity index (χ4v) is 0.818. The van der Waals surface area contributed by atoms with Gasteiger partial charge in [-0.2, -0.15) is 5.10 Å². The number of hydrogen-bond acceptors (Lipinski definition) is 3. The summed E-state index contributed by atoms with van der Waals surface area (Å²) in [6, 6.07) is 1.72. The number of hydrogen-bond donors (Lipinski definition) is 1. The number of carbonyl (C=O) groups is 1. The summed E-state index contributed by atoms with van der Waals surface area (Å²) in [6.45, 7) is 0. The van der Waals surface area contributed by atoms with Gasteiger partial charge >= 0.3 is 0 Å². The van der Waals surface area contributed by atoms with Gasteiger partial charge in [-0.25, -0.2) is 4.09 Å². The lowest BCUT2D eigenvalue weighted by molar-refractivity contribution is 0.267. The molecule has 0 spiro atoms. The molecule has 0 aliphatic carbocycles. The van der Waals surface area contributed by atoms with E-state index in [1.807, 2.05) is 0 Å². The van der Waals surface area contributed by atoms with E-state index in [0.717, 1.165) is 11.9 Å². The fourth-order valence-electron chi connectivity index (χ4n) is 0.401. The Balaban J connectivity index is 2.58. The lowest BCUT2D eigenvalue weighted by Gasteiger charge is -1.90. The summed E-state index contributed by atoms with van der Waals surface area (Å²) in [5.41, 5.74) is 4.85. The molecule has 1 heterocycles. The van der Waals surface area contributed by atoms with E-state index in [-0.39, 0.29) is 0 Å². The highest BCUT2D eigenvalue weighted by atomic mass is 32.2. The summed E-state index contributed by atoms with van der Waals surface area (Å²) in [6.07, 6.45) is 3.23. The molecule has 2 N–H and O–H groups in total. The van der Waals surface area contributed by atoms with Crippen molar-refractivity contribution < 1.29 is 4.79 Å². The van der Waals surface area contributed by atoms with E-state index in [1.54, 1.807) is 18.5 Å². The molecular weight excluding hydrogens is 138 g/mol. The van der Waals surface area contributed by atoms with Crippen LogP contribution >= 0.6 is 11.9 Å². The minimum Gasteiger partial charge on any atom is -0.359 e. The molecule has 0 aliphatic heterocycles. The van der Waals surface area contributed by atoms with Gasteiger partial charge in [-0.05, 0) is 6.07 Å². The van der Waals surface area contributed by atoms with Crippen LogP contribution in [0, 0.1) is 0 Å². The molecule has 9 heavy (non-hydrogen) atoms. The highest BCUT2D eigenvalue weighted by Crippen LogP contribution is 2.00. The topological polar surface area (TPSA) is 60.9 Å². The van der Waals surface area contributed by atoms with Gasteiger partial charge in [0.2, 0.25) is 0 Å². The van der Waals surface area contributed by atoms with Crippen molar-refractivity contribution in [1.82, 2.24) is 9.19 Å². The van der Waals surface area contributed by atoms with Gasteiger partial charge in [0.05, 0.1) is 11.9 Å². The maximum absolute atomic E-state index is 10.2. The van der Waals surface area contributed by atoms with Crippen molar-refractivity contribution in [3.8, 4) is 0 Å². The monoisotopic (exact) mass is 143 g/mol. The molecule has 1 aromatic rings. The molecule has 0 saturated heterocycles. The summed E-state index contributed by atoms with van der Waals surface area (Å²) >= 11 is 0.850. The standard InChI is InChI=1S/C4H5N3OS/c5-4(8)9-7-3-1-2-6-7/h1-3H,(H2,5,8). The molecule has 0 aliphatic rings. The van der Waals surface area contributed by atoms with E-state index in [9.17, 15) is 4.79 Å². The molecule has 0 saturated carbocycles. The van der Waals surface area contributed by atoms with Crippen molar-refractivity contribution in [2.75, 3.05) is 0 Å². The smallest absolute Gasteiger partial charge is 0.298 e. The summed E-state index contributed by atoms with van der Waals surface area (Å²) in [5, 5.41) is 3.28. The zero-order valence-corrected chi connectivity index (χ0v) is 5.34. The zero-order chi connectivity index (χ0) is 6.69. The van der Waals surface area contributed by atoms with Crippen LogP contribution in [-0.4, -0.2) is 14.4 Å². The predicted octanol–water partition coefficient (Wildman–Crippen LogP) is 0.458. The molecule has 5 heteroatoms. The van der Waals surface area contributed by atoms with E-state index in [4.69, 9.17) is 5.73 Å². The number of aromatic nitrogens is 2. The minimum absolute atomic E-state index is 0.460. The second-order valence-corrected chi connectivity index (χ2v) is 2.28. The highest BCUT2D eigenvalue weighted by Gasteiger charge is 1.94. The van der Waals surface area contributed by atoms with E-state index in [1.165, 1.54) is 4.09 Å². The van der Waals surface area contributed by atoms with Gasteiger partial charge < -0.3 is 5.73 Å². The van der Waals surface area contributed by atoms with Crippen molar-refractivity contribution in [1.29, 1.82) is 0 Å². The Morgan fingerprint density at radius 1 is 1.78 bits per heavy atom. The summed E-state index contributed by atoms with van der Waals surface area (Å²) in [4.78, 5) is 10.2. The largest absolute Gasteiger partial charge is 0.359 e. The van der Waals surface area contributed by atoms with Crippen LogP contribution in [0.5, 0.6) is 0 Å². The van der Waals surface area contributed by atoms with Crippen molar-refractivity contribution in [2.24, 2.45) is 5.73 Å². The molecule has 0 aromatic carbocycles. The van der Waals surface area contributed by atoms with Crippen LogP contribution < -0.4 is 5.73 Å². The lowest BCUT2D eigenvalue weighted by Crippen LogP contribution is -2.05. The molecule has 0 fully saturated rings. The predicted molar refractivity (Wildman–Crippen MR) is 34.8 cm³/mol. The second kappa shape index (κ2) is 2.54. The van der Waals surface area contributed by atoms with Crippen LogP contribution in [0.1, 0.15) is 0 Å². The quantitative estimate of drug-likeness (QED) is 0.621.